The molecule has 0 radical (unpaired) electrons. The lowest BCUT2D eigenvalue weighted by atomic mass is 10.1. The topological polar surface area (TPSA) is 45.0 Å². The van der Waals surface area contributed by atoms with Gasteiger partial charge in [-0.15, -0.1) is 0 Å². The minimum Gasteiger partial charge on any atom is -0.490 e. The van der Waals surface area contributed by atoms with Gasteiger partial charge in [-0.3, -0.25) is 5.32 Å². The smallest absolute Gasteiger partial charge is 0.138 e. The van der Waals surface area contributed by atoms with E-state index in [4.69, 9.17) is 4.74 Å². The maximum absolute atomic E-state index is 13.3. The third-order valence-electron chi connectivity index (χ3n) is 3.02. The molecule has 0 amide bonds. The average molecular weight is 248 g/mol. The number of ether oxygens (including phenoxy) is 1. The van der Waals surface area contributed by atoms with E-state index in [2.05, 4.69) is 11.4 Å². The first-order valence-electron chi connectivity index (χ1n) is 6.10. The molecule has 1 atom stereocenters. The maximum Gasteiger partial charge on any atom is 0.138 e. The Morgan fingerprint density at radius 1 is 1.56 bits per heavy atom. The number of nitrogens with one attached hydrogen (secondary N) is 1. The molecule has 1 N–H and O–H groups in total. The third kappa shape index (κ3) is 3.21. The summed E-state index contributed by atoms with van der Waals surface area (Å²) < 4.78 is 18.8. The minimum atomic E-state index is -0.720. The Morgan fingerprint density at radius 2 is 2.28 bits per heavy atom. The monoisotopic (exact) mass is 248 g/mol. The number of benzene rings is 1. The third-order valence-corrected chi connectivity index (χ3v) is 3.02. The second-order valence-corrected chi connectivity index (χ2v) is 5.06. The van der Waals surface area contributed by atoms with E-state index in [1.807, 2.05) is 0 Å². The highest BCUT2D eigenvalue weighted by Gasteiger charge is 2.33. The van der Waals surface area contributed by atoms with Gasteiger partial charge in [0.05, 0.1) is 6.07 Å². The largest absolute Gasteiger partial charge is 0.490 e. The Labute approximate surface area is 107 Å². The van der Waals surface area contributed by atoms with Crippen LogP contribution in [0, 0.1) is 24.1 Å². The lowest BCUT2D eigenvalue weighted by molar-refractivity contribution is 0.231. The van der Waals surface area contributed by atoms with E-state index in [0.717, 1.165) is 12.8 Å². The summed E-state index contributed by atoms with van der Waals surface area (Å²) in [5, 5.41) is 12.4. The summed E-state index contributed by atoms with van der Waals surface area (Å²) in [6.07, 6.45) is 2.22. The molecule has 0 aliphatic heterocycles. The van der Waals surface area contributed by atoms with Gasteiger partial charge >= 0.3 is 0 Å². The van der Waals surface area contributed by atoms with Crippen LogP contribution in [0.1, 0.15) is 25.3 Å². The molecule has 3 nitrogen and oxygen atoms in total. The number of halogens is 1. The van der Waals surface area contributed by atoms with Crippen molar-refractivity contribution in [2.75, 3.05) is 6.61 Å². The van der Waals surface area contributed by atoms with Crippen LogP contribution in [0.4, 0.5) is 4.39 Å². The van der Waals surface area contributed by atoms with E-state index in [-0.39, 0.29) is 12.4 Å². The highest BCUT2D eigenvalue weighted by Crippen LogP contribution is 2.23. The Morgan fingerprint density at radius 3 is 2.83 bits per heavy atom. The molecule has 18 heavy (non-hydrogen) atoms. The van der Waals surface area contributed by atoms with Crippen molar-refractivity contribution in [1.29, 1.82) is 5.26 Å². The van der Waals surface area contributed by atoms with Crippen LogP contribution in [-0.2, 0) is 0 Å². The van der Waals surface area contributed by atoms with Gasteiger partial charge in [0.2, 0.25) is 0 Å². The van der Waals surface area contributed by atoms with E-state index in [0.29, 0.717) is 17.4 Å². The molecule has 0 heterocycles. The molecule has 1 aliphatic rings. The van der Waals surface area contributed by atoms with Gasteiger partial charge in [0.1, 0.15) is 23.7 Å². The molecule has 1 fully saturated rings. The number of nitrogens with zero attached hydrogens (tertiary/aromatic N) is 1. The summed E-state index contributed by atoms with van der Waals surface area (Å²) in [5.41, 5.74) is -0.135. The normalized spacial score (nSPS) is 17.9. The van der Waals surface area contributed by atoms with Crippen molar-refractivity contribution in [3.8, 4) is 11.8 Å². The maximum atomic E-state index is 13.3. The quantitative estimate of drug-likeness (QED) is 0.871. The second kappa shape index (κ2) is 4.95. The first-order valence-corrected chi connectivity index (χ1v) is 6.10. The van der Waals surface area contributed by atoms with Gasteiger partial charge < -0.3 is 4.74 Å². The van der Waals surface area contributed by atoms with Crippen LogP contribution < -0.4 is 10.1 Å². The van der Waals surface area contributed by atoms with Gasteiger partial charge in [-0.1, -0.05) is 6.07 Å². The highest BCUT2D eigenvalue weighted by molar-refractivity contribution is 5.28. The standard InChI is InChI=1S/C14H17FN2O/c1-10-3-6-12(7-13(10)15)18-9-14(2,8-16)17-11-4-5-11/h3,6-7,11,17H,4-5,9H2,1-2H3. The van der Waals surface area contributed by atoms with Crippen molar-refractivity contribution >= 4 is 0 Å². The SMILES string of the molecule is Cc1ccc(OCC(C)(C#N)NC2CC2)cc1F. The molecule has 1 saturated carbocycles. The molecule has 1 aromatic rings. The Hall–Kier alpha value is -1.60. The average Bonchev–Trinajstić information content (AvgIpc) is 3.15. The van der Waals surface area contributed by atoms with Crippen molar-refractivity contribution in [3.63, 3.8) is 0 Å². The molecule has 1 aromatic carbocycles. The zero-order chi connectivity index (χ0) is 13.2. The number of hydrogen-bond acceptors (Lipinski definition) is 3. The molecule has 2 rings (SSSR count). The molecule has 0 bridgehead atoms. The van der Waals surface area contributed by atoms with Crippen molar-refractivity contribution in [2.24, 2.45) is 0 Å². The van der Waals surface area contributed by atoms with Gasteiger partial charge in [0.15, 0.2) is 0 Å². The van der Waals surface area contributed by atoms with E-state index in [9.17, 15) is 9.65 Å². The number of aryl methyl sites for hydroxylation is 1. The van der Waals surface area contributed by atoms with Crippen molar-refractivity contribution in [2.45, 2.75) is 38.3 Å². The van der Waals surface area contributed by atoms with Gasteiger partial charge in [0, 0.05) is 12.1 Å². The summed E-state index contributed by atoms with van der Waals surface area (Å²) >= 11 is 0. The van der Waals surface area contributed by atoms with E-state index in [1.165, 1.54) is 6.07 Å². The number of nitriles is 1. The first kappa shape index (κ1) is 12.8. The summed E-state index contributed by atoms with van der Waals surface area (Å²) in [6, 6.07) is 7.38. The summed E-state index contributed by atoms with van der Waals surface area (Å²) in [7, 11) is 0. The second-order valence-electron chi connectivity index (χ2n) is 5.06. The van der Waals surface area contributed by atoms with Gasteiger partial charge in [-0.2, -0.15) is 5.26 Å². The number of rotatable bonds is 5. The zero-order valence-electron chi connectivity index (χ0n) is 10.7. The molecular formula is C14H17FN2O. The first-order chi connectivity index (χ1) is 8.52. The molecule has 0 aromatic heterocycles. The fourth-order valence-electron chi connectivity index (χ4n) is 1.68. The molecule has 0 spiro atoms. The molecule has 1 aliphatic carbocycles. The molecule has 96 valence electrons. The van der Waals surface area contributed by atoms with Crippen molar-refractivity contribution in [3.05, 3.63) is 29.6 Å². The van der Waals surface area contributed by atoms with Crippen molar-refractivity contribution in [1.82, 2.24) is 5.32 Å². The van der Waals surface area contributed by atoms with Crippen LogP contribution in [0.3, 0.4) is 0 Å². The predicted octanol–water partition coefficient (Wildman–Crippen LogP) is 2.55. The highest BCUT2D eigenvalue weighted by atomic mass is 19.1. The Balaban J connectivity index is 1.96. The fraction of sp³-hybridized carbons (Fsp3) is 0.500. The number of hydrogen-bond donors (Lipinski definition) is 1. The van der Waals surface area contributed by atoms with E-state index < -0.39 is 5.54 Å². The van der Waals surface area contributed by atoms with Crippen LogP contribution in [-0.4, -0.2) is 18.2 Å². The summed E-state index contributed by atoms with van der Waals surface area (Å²) in [5.74, 6) is 0.165. The Bertz CT molecular complexity index is 479. The molecule has 0 saturated heterocycles. The zero-order valence-corrected chi connectivity index (χ0v) is 10.7. The van der Waals surface area contributed by atoms with Gasteiger partial charge in [-0.25, -0.2) is 4.39 Å². The molecule has 1 unspecified atom stereocenters. The summed E-state index contributed by atoms with van der Waals surface area (Å²) in [4.78, 5) is 0. The van der Waals surface area contributed by atoms with E-state index in [1.54, 1.807) is 26.0 Å². The minimum absolute atomic E-state index is 0.211. The fourth-order valence-corrected chi connectivity index (χ4v) is 1.68. The lowest BCUT2D eigenvalue weighted by Gasteiger charge is -2.23. The van der Waals surface area contributed by atoms with Crippen LogP contribution in [0.2, 0.25) is 0 Å². The molecular weight excluding hydrogens is 231 g/mol. The van der Waals surface area contributed by atoms with Crippen LogP contribution in [0.15, 0.2) is 18.2 Å². The van der Waals surface area contributed by atoms with Crippen LogP contribution >= 0.6 is 0 Å². The van der Waals surface area contributed by atoms with Crippen molar-refractivity contribution < 1.29 is 9.13 Å². The van der Waals surface area contributed by atoms with Crippen LogP contribution in [0.5, 0.6) is 5.75 Å². The lowest BCUT2D eigenvalue weighted by Crippen LogP contribution is -2.47. The van der Waals surface area contributed by atoms with Gasteiger partial charge in [-0.05, 0) is 38.3 Å². The van der Waals surface area contributed by atoms with Gasteiger partial charge in [0.25, 0.3) is 0 Å². The molecule has 4 heteroatoms. The van der Waals surface area contributed by atoms with E-state index >= 15 is 0 Å². The Kier molecular flexibility index (Phi) is 3.53. The van der Waals surface area contributed by atoms with Crippen LogP contribution in [0.25, 0.3) is 0 Å². The summed E-state index contributed by atoms with van der Waals surface area (Å²) in [6.45, 7) is 3.71. The predicted molar refractivity (Wildman–Crippen MR) is 66.8 cm³/mol.